The lowest BCUT2D eigenvalue weighted by Crippen LogP contribution is -2.37. The fourth-order valence-electron chi connectivity index (χ4n) is 1.91. The lowest BCUT2D eigenvalue weighted by Gasteiger charge is -2.11. The first-order valence-corrected chi connectivity index (χ1v) is 5.60. The van der Waals surface area contributed by atoms with Crippen LogP contribution in [0.1, 0.15) is 12.0 Å². The lowest BCUT2D eigenvalue weighted by molar-refractivity contribution is -0.121. The van der Waals surface area contributed by atoms with E-state index in [1.165, 1.54) is 12.1 Å². The Balaban J connectivity index is 0.00000162. The minimum Gasteiger partial charge on any atom is -0.352 e. The Hall–Kier alpha value is -1.20. The van der Waals surface area contributed by atoms with Crippen LogP contribution < -0.4 is 10.6 Å². The Bertz CT molecular complexity index is 423. The molecule has 6 heteroatoms. The normalized spacial score (nSPS) is 18.2. The van der Waals surface area contributed by atoms with E-state index in [0.717, 1.165) is 25.6 Å². The fourth-order valence-corrected chi connectivity index (χ4v) is 1.91. The molecule has 1 heterocycles. The largest absolute Gasteiger partial charge is 0.352 e. The smallest absolute Gasteiger partial charge is 0.224 e. The molecule has 0 aliphatic carbocycles. The number of carbonyl (C=O) groups excluding carboxylic acids is 1. The van der Waals surface area contributed by atoms with Crippen molar-refractivity contribution in [2.75, 3.05) is 13.1 Å². The van der Waals surface area contributed by atoms with E-state index in [1.807, 2.05) is 0 Å². The van der Waals surface area contributed by atoms with Crippen molar-refractivity contribution in [1.29, 1.82) is 0 Å². The molecule has 0 spiro atoms. The zero-order chi connectivity index (χ0) is 12.3. The molecule has 2 N–H and O–H groups in total. The van der Waals surface area contributed by atoms with Crippen molar-refractivity contribution in [2.24, 2.45) is 0 Å². The predicted octanol–water partition coefficient (Wildman–Crippen LogP) is 1.41. The molecule has 1 amide bonds. The Morgan fingerprint density at radius 1 is 1.44 bits per heavy atom. The summed E-state index contributed by atoms with van der Waals surface area (Å²) in [6.45, 7) is 1.61. The van der Waals surface area contributed by atoms with Gasteiger partial charge in [-0.25, -0.2) is 8.78 Å². The third-order valence-electron chi connectivity index (χ3n) is 2.81. The molecule has 18 heavy (non-hydrogen) atoms. The van der Waals surface area contributed by atoms with Crippen LogP contribution in [0.15, 0.2) is 18.2 Å². The molecule has 1 aliphatic heterocycles. The van der Waals surface area contributed by atoms with Crippen LogP contribution in [0, 0.1) is 11.6 Å². The number of amides is 1. The van der Waals surface area contributed by atoms with Crippen LogP contribution in [-0.4, -0.2) is 25.0 Å². The van der Waals surface area contributed by atoms with E-state index in [4.69, 9.17) is 0 Å². The van der Waals surface area contributed by atoms with E-state index in [-0.39, 0.29) is 36.3 Å². The van der Waals surface area contributed by atoms with Gasteiger partial charge in [0.15, 0.2) is 11.6 Å². The molecule has 0 aromatic heterocycles. The molecule has 2 rings (SSSR count). The summed E-state index contributed by atoms with van der Waals surface area (Å²) in [7, 11) is 0. The minimum atomic E-state index is -0.938. The van der Waals surface area contributed by atoms with E-state index in [9.17, 15) is 13.6 Å². The monoisotopic (exact) mass is 276 g/mol. The van der Waals surface area contributed by atoms with E-state index in [2.05, 4.69) is 10.6 Å². The second-order valence-electron chi connectivity index (χ2n) is 4.15. The van der Waals surface area contributed by atoms with Crippen LogP contribution in [-0.2, 0) is 11.2 Å². The highest BCUT2D eigenvalue weighted by atomic mass is 35.5. The maximum Gasteiger partial charge on any atom is 0.224 e. The van der Waals surface area contributed by atoms with Crippen LogP contribution in [0.2, 0.25) is 0 Å². The third-order valence-corrected chi connectivity index (χ3v) is 2.81. The van der Waals surface area contributed by atoms with Gasteiger partial charge in [-0.15, -0.1) is 12.4 Å². The summed E-state index contributed by atoms with van der Waals surface area (Å²) in [4.78, 5) is 11.6. The van der Waals surface area contributed by atoms with Crippen molar-refractivity contribution >= 4 is 18.3 Å². The standard InChI is InChI=1S/C12H14F2N2O.ClH/c13-10-3-1-2-8(12(10)14)6-11(17)16-9-4-5-15-7-9;/h1-3,9,15H,4-7H2,(H,16,17);1H. The van der Waals surface area contributed by atoms with Gasteiger partial charge in [-0.3, -0.25) is 4.79 Å². The SMILES string of the molecule is Cl.O=C(Cc1cccc(F)c1F)NC1CCNC1. The molecule has 1 aromatic rings. The summed E-state index contributed by atoms with van der Waals surface area (Å²) < 4.78 is 26.2. The molecule has 1 atom stereocenters. The van der Waals surface area contributed by atoms with Crippen LogP contribution in [0.4, 0.5) is 8.78 Å². The quantitative estimate of drug-likeness (QED) is 0.876. The van der Waals surface area contributed by atoms with Crippen molar-refractivity contribution in [2.45, 2.75) is 18.9 Å². The Labute approximate surface area is 110 Å². The number of benzene rings is 1. The number of carbonyl (C=O) groups is 1. The molecule has 0 bridgehead atoms. The molecule has 1 aliphatic rings. The van der Waals surface area contributed by atoms with Crippen LogP contribution in [0.5, 0.6) is 0 Å². The maximum absolute atomic E-state index is 13.3. The first kappa shape index (κ1) is 14.9. The molecule has 0 radical (unpaired) electrons. The van der Waals surface area contributed by atoms with Gasteiger partial charge in [0.1, 0.15) is 0 Å². The van der Waals surface area contributed by atoms with E-state index in [1.54, 1.807) is 0 Å². The average Bonchev–Trinajstić information content (AvgIpc) is 2.77. The van der Waals surface area contributed by atoms with Gasteiger partial charge in [0, 0.05) is 18.2 Å². The lowest BCUT2D eigenvalue weighted by atomic mass is 10.1. The zero-order valence-corrected chi connectivity index (χ0v) is 10.5. The summed E-state index contributed by atoms with van der Waals surface area (Å²) in [6, 6.07) is 3.96. The van der Waals surface area contributed by atoms with Gasteiger partial charge in [0.05, 0.1) is 6.42 Å². The number of rotatable bonds is 3. The van der Waals surface area contributed by atoms with Crippen molar-refractivity contribution in [3.63, 3.8) is 0 Å². The third kappa shape index (κ3) is 3.65. The second-order valence-corrected chi connectivity index (χ2v) is 4.15. The van der Waals surface area contributed by atoms with E-state index in [0.29, 0.717) is 0 Å². The predicted molar refractivity (Wildman–Crippen MR) is 66.7 cm³/mol. The molecule has 1 aromatic carbocycles. The summed E-state index contributed by atoms with van der Waals surface area (Å²) in [5.74, 6) is -2.13. The summed E-state index contributed by atoms with van der Waals surface area (Å²) >= 11 is 0. The first-order chi connectivity index (χ1) is 8.16. The number of halogens is 3. The number of hydrogen-bond acceptors (Lipinski definition) is 2. The van der Waals surface area contributed by atoms with Gasteiger partial charge in [-0.05, 0) is 19.0 Å². The molecule has 1 unspecified atom stereocenters. The fraction of sp³-hybridized carbons (Fsp3) is 0.417. The highest BCUT2D eigenvalue weighted by Crippen LogP contribution is 2.12. The topological polar surface area (TPSA) is 41.1 Å². The van der Waals surface area contributed by atoms with Gasteiger partial charge in [-0.2, -0.15) is 0 Å². The molecular formula is C12H15ClF2N2O. The van der Waals surface area contributed by atoms with Crippen molar-refractivity contribution in [3.05, 3.63) is 35.4 Å². The molecule has 0 saturated carbocycles. The first-order valence-electron chi connectivity index (χ1n) is 5.60. The number of nitrogens with one attached hydrogen (secondary N) is 2. The Kier molecular flexibility index (Phi) is 5.50. The van der Waals surface area contributed by atoms with Gasteiger partial charge >= 0.3 is 0 Å². The molecular weight excluding hydrogens is 262 g/mol. The molecule has 1 saturated heterocycles. The van der Waals surface area contributed by atoms with Crippen molar-refractivity contribution in [1.82, 2.24) is 10.6 Å². The zero-order valence-electron chi connectivity index (χ0n) is 9.71. The Morgan fingerprint density at radius 2 is 2.22 bits per heavy atom. The van der Waals surface area contributed by atoms with Crippen molar-refractivity contribution in [3.8, 4) is 0 Å². The molecule has 1 fully saturated rings. The minimum absolute atomic E-state index is 0. The van der Waals surface area contributed by atoms with Gasteiger partial charge in [0.2, 0.25) is 5.91 Å². The maximum atomic E-state index is 13.3. The summed E-state index contributed by atoms with van der Waals surface area (Å²) in [5.41, 5.74) is 0.0912. The van der Waals surface area contributed by atoms with E-state index >= 15 is 0 Å². The second kappa shape index (κ2) is 6.66. The van der Waals surface area contributed by atoms with Gasteiger partial charge in [-0.1, -0.05) is 12.1 Å². The van der Waals surface area contributed by atoms with Gasteiger partial charge < -0.3 is 10.6 Å². The van der Waals surface area contributed by atoms with Gasteiger partial charge in [0.25, 0.3) is 0 Å². The summed E-state index contributed by atoms with van der Waals surface area (Å²) in [6.07, 6.45) is 0.747. The van der Waals surface area contributed by atoms with Crippen LogP contribution >= 0.6 is 12.4 Å². The Morgan fingerprint density at radius 3 is 2.89 bits per heavy atom. The van der Waals surface area contributed by atoms with Crippen LogP contribution in [0.25, 0.3) is 0 Å². The molecule has 100 valence electrons. The average molecular weight is 277 g/mol. The number of hydrogen-bond donors (Lipinski definition) is 2. The van der Waals surface area contributed by atoms with Crippen molar-refractivity contribution < 1.29 is 13.6 Å². The highest BCUT2D eigenvalue weighted by molar-refractivity contribution is 5.85. The molecule has 3 nitrogen and oxygen atoms in total. The van der Waals surface area contributed by atoms with E-state index < -0.39 is 11.6 Å². The van der Waals surface area contributed by atoms with Crippen LogP contribution in [0.3, 0.4) is 0 Å². The highest BCUT2D eigenvalue weighted by Gasteiger charge is 2.18. The summed E-state index contributed by atoms with van der Waals surface area (Å²) in [5, 5.41) is 5.90.